The van der Waals surface area contributed by atoms with Gasteiger partial charge in [-0.05, 0) is 54.0 Å². The fraction of sp³-hybridized carbons (Fsp3) is 0.400. The summed E-state index contributed by atoms with van der Waals surface area (Å²) in [6.45, 7) is 1.17. The molecule has 39 heavy (non-hydrogen) atoms. The number of methoxy groups -OCH3 is 1. The van der Waals surface area contributed by atoms with Gasteiger partial charge < -0.3 is 15.0 Å². The molecule has 1 fully saturated rings. The van der Waals surface area contributed by atoms with Gasteiger partial charge in [0.25, 0.3) is 0 Å². The van der Waals surface area contributed by atoms with Gasteiger partial charge in [-0.2, -0.15) is 5.10 Å². The summed E-state index contributed by atoms with van der Waals surface area (Å²) in [7, 11) is 3.18. The minimum Gasteiger partial charge on any atom is -0.467 e. The van der Waals surface area contributed by atoms with E-state index >= 15 is 0 Å². The van der Waals surface area contributed by atoms with E-state index < -0.39 is 12.0 Å². The summed E-state index contributed by atoms with van der Waals surface area (Å²) in [6.07, 6.45) is 6.61. The maximum Gasteiger partial charge on any atom is 0.328 e. The van der Waals surface area contributed by atoms with Crippen LogP contribution in [-0.2, 0) is 39.0 Å². The zero-order chi connectivity index (χ0) is 27.8. The maximum absolute atomic E-state index is 13.4. The van der Waals surface area contributed by atoms with Gasteiger partial charge in [0.1, 0.15) is 11.9 Å². The first-order valence-corrected chi connectivity index (χ1v) is 13.3. The predicted octanol–water partition coefficient (Wildman–Crippen LogP) is 3.69. The lowest BCUT2D eigenvalue weighted by Crippen LogP contribution is -2.44. The summed E-state index contributed by atoms with van der Waals surface area (Å²) in [5, 5.41) is 7.04. The van der Waals surface area contributed by atoms with Crippen LogP contribution in [0.3, 0.4) is 0 Å². The van der Waals surface area contributed by atoms with Crippen molar-refractivity contribution in [2.75, 3.05) is 20.2 Å². The third-order valence-electron chi connectivity index (χ3n) is 7.21. The molecule has 0 aliphatic carbocycles. The molecular formula is C30H35FN4O4. The number of ether oxygens (including phenoxy) is 1. The fourth-order valence-corrected chi connectivity index (χ4v) is 4.98. The number of benzene rings is 2. The number of hydrogen-bond acceptors (Lipinski definition) is 5. The molecule has 8 nitrogen and oxygen atoms in total. The summed E-state index contributed by atoms with van der Waals surface area (Å²) in [4.78, 5) is 39.7. The Labute approximate surface area is 228 Å². The molecule has 1 atom stereocenters. The van der Waals surface area contributed by atoms with Crippen molar-refractivity contribution in [3.8, 4) is 11.1 Å². The third-order valence-corrected chi connectivity index (χ3v) is 7.21. The summed E-state index contributed by atoms with van der Waals surface area (Å²) in [5.74, 6) is -0.810. The van der Waals surface area contributed by atoms with Crippen LogP contribution in [0, 0.1) is 11.7 Å². The summed E-state index contributed by atoms with van der Waals surface area (Å²) >= 11 is 0. The monoisotopic (exact) mass is 534 g/mol. The smallest absolute Gasteiger partial charge is 0.328 e. The lowest BCUT2D eigenvalue weighted by Gasteiger charge is -2.32. The van der Waals surface area contributed by atoms with E-state index in [9.17, 15) is 18.8 Å². The Morgan fingerprint density at radius 1 is 1.08 bits per heavy atom. The molecule has 1 saturated heterocycles. The molecule has 0 spiro atoms. The number of piperidine rings is 1. The van der Waals surface area contributed by atoms with E-state index in [1.54, 1.807) is 16.9 Å². The molecule has 3 aromatic rings. The van der Waals surface area contributed by atoms with Gasteiger partial charge in [-0.15, -0.1) is 0 Å². The van der Waals surface area contributed by atoms with E-state index in [-0.39, 0.29) is 23.5 Å². The van der Waals surface area contributed by atoms with Crippen LogP contribution in [0.25, 0.3) is 11.1 Å². The highest BCUT2D eigenvalue weighted by atomic mass is 19.1. The molecule has 1 N–H and O–H groups in total. The number of likely N-dealkylation sites (tertiary alicyclic amines) is 1. The molecule has 0 saturated carbocycles. The number of rotatable bonds is 10. The second-order valence-electron chi connectivity index (χ2n) is 10.1. The van der Waals surface area contributed by atoms with E-state index in [0.717, 1.165) is 35.1 Å². The normalized spacial score (nSPS) is 14.6. The molecule has 206 valence electrons. The first-order chi connectivity index (χ1) is 18.8. The minimum absolute atomic E-state index is 0.0439. The largest absolute Gasteiger partial charge is 0.467 e. The van der Waals surface area contributed by atoms with E-state index in [0.29, 0.717) is 38.8 Å². The highest BCUT2D eigenvalue weighted by Crippen LogP contribution is 2.22. The van der Waals surface area contributed by atoms with Crippen LogP contribution in [-0.4, -0.2) is 58.7 Å². The standard InChI is InChI=1S/C30H35FN4O4/c1-34-20-25(19-32-34)24-9-6-22(7-10-24)17-27(30(38)39-2)33-28(36)18-23-12-14-35(15-13-23)29(37)11-8-21-4-3-5-26(31)16-21/h3-7,9-10,16,19-20,23,27H,8,11-15,17-18H2,1-2H3,(H,33,36)/t27-/m0/s1. The molecule has 9 heteroatoms. The summed E-state index contributed by atoms with van der Waals surface area (Å²) < 4.78 is 20.0. The van der Waals surface area contributed by atoms with Crippen LogP contribution in [0.2, 0.25) is 0 Å². The van der Waals surface area contributed by atoms with Crippen molar-refractivity contribution in [1.82, 2.24) is 20.0 Å². The zero-order valence-electron chi connectivity index (χ0n) is 22.4. The van der Waals surface area contributed by atoms with Gasteiger partial charge >= 0.3 is 5.97 Å². The van der Waals surface area contributed by atoms with Gasteiger partial charge in [-0.3, -0.25) is 14.3 Å². The fourth-order valence-electron chi connectivity index (χ4n) is 4.98. The Morgan fingerprint density at radius 3 is 2.46 bits per heavy atom. The molecule has 0 bridgehead atoms. The van der Waals surface area contributed by atoms with Gasteiger partial charge in [-0.1, -0.05) is 36.4 Å². The first-order valence-electron chi connectivity index (χ1n) is 13.3. The molecule has 1 aliphatic rings. The van der Waals surface area contributed by atoms with Crippen LogP contribution in [0.5, 0.6) is 0 Å². The topological polar surface area (TPSA) is 93.5 Å². The Balaban J connectivity index is 1.24. The van der Waals surface area contributed by atoms with Crippen LogP contribution in [0.1, 0.15) is 36.8 Å². The SMILES string of the molecule is COC(=O)[C@H](Cc1ccc(-c2cnn(C)c2)cc1)NC(=O)CC1CCN(C(=O)CCc2cccc(F)c2)CC1. The molecule has 2 heterocycles. The van der Waals surface area contributed by atoms with Gasteiger partial charge in [-0.25, -0.2) is 9.18 Å². The van der Waals surface area contributed by atoms with Crippen molar-refractivity contribution in [3.63, 3.8) is 0 Å². The van der Waals surface area contributed by atoms with Gasteiger partial charge in [0.05, 0.1) is 13.3 Å². The van der Waals surface area contributed by atoms with Gasteiger partial charge in [0.15, 0.2) is 0 Å². The van der Waals surface area contributed by atoms with Crippen molar-refractivity contribution in [2.24, 2.45) is 13.0 Å². The van der Waals surface area contributed by atoms with Crippen LogP contribution in [0.15, 0.2) is 60.9 Å². The second kappa shape index (κ2) is 13.2. The zero-order valence-corrected chi connectivity index (χ0v) is 22.4. The lowest BCUT2D eigenvalue weighted by molar-refractivity contribution is -0.145. The average molecular weight is 535 g/mol. The van der Waals surface area contributed by atoms with Crippen LogP contribution in [0.4, 0.5) is 4.39 Å². The quantitative estimate of drug-likeness (QED) is 0.401. The van der Waals surface area contributed by atoms with Crippen molar-refractivity contribution in [2.45, 2.75) is 44.6 Å². The minimum atomic E-state index is -0.781. The van der Waals surface area contributed by atoms with Crippen LogP contribution < -0.4 is 5.32 Å². The number of amides is 2. The van der Waals surface area contributed by atoms with Crippen molar-refractivity contribution >= 4 is 17.8 Å². The Kier molecular flexibility index (Phi) is 9.46. The predicted molar refractivity (Wildman–Crippen MR) is 145 cm³/mol. The molecule has 0 radical (unpaired) electrons. The number of carbonyl (C=O) groups excluding carboxylic acids is 3. The molecule has 2 amide bonds. The van der Waals surface area contributed by atoms with Gasteiger partial charge in [0.2, 0.25) is 11.8 Å². The number of carbonyl (C=O) groups is 3. The molecule has 0 unspecified atom stereocenters. The van der Waals surface area contributed by atoms with Crippen molar-refractivity contribution in [1.29, 1.82) is 0 Å². The number of halogens is 1. The van der Waals surface area contributed by atoms with Crippen molar-refractivity contribution < 1.29 is 23.5 Å². The Hall–Kier alpha value is -4.01. The summed E-state index contributed by atoms with van der Waals surface area (Å²) in [6, 6.07) is 13.3. The van der Waals surface area contributed by atoms with Gasteiger partial charge in [0, 0.05) is 51.2 Å². The Morgan fingerprint density at radius 2 is 1.82 bits per heavy atom. The van der Waals surface area contributed by atoms with E-state index in [2.05, 4.69) is 10.4 Å². The molecule has 4 rings (SSSR count). The maximum atomic E-state index is 13.4. The molecule has 2 aromatic carbocycles. The van der Waals surface area contributed by atoms with E-state index in [1.165, 1.54) is 19.2 Å². The second-order valence-corrected chi connectivity index (χ2v) is 10.1. The number of esters is 1. The lowest BCUT2D eigenvalue weighted by atomic mass is 9.92. The molecule has 1 aliphatic heterocycles. The van der Waals surface area contributed by atoms with E-state index in [4.69, 9.17) is 4.74 Å². The summed E-state index contributed by atoms with van der Waals surface area (Å²) in [5.41, 5.74) is 3.73. The van der Waals surface area contributed by atoms with Crippen LogP contribution >= 0.6 is 0 Å². The third kappa shape index (κ3) is 7.99. The van der Waals surface area contributed by atoms with E-state index in [1.807, 2.05) is 48.5 Å². The van der Waals surface area contributed by atoms with Crippen molar-refractivity contribution in [3.05, 3.63) is 77.9 Å². The number of aromatic nitrogens is 2. The highest BCUT2D eigenvalue weighted by molar-refractivity contribution is 5.85. The number of hydrogen-bond donors (Lipinski definition) is 1. The molecular weight excluding hydrogens is 499 g/mol. The number of nitrogens with one attached hydrogen (secondary N) is 1. The number of aryl methyl sites for hydroxylation is 2. The first kappa shape index (κ1) is 28.0. The molecule has 1 aromatic heterocycles. The Bertz CT molecular complexity index is 1280. The highest BCUT2D eigenvalue weighted by Gasteiger charge is 2.27. The number of nitrogens with zero attached hydrogens (tertiary/aromatic N) is 3. The average Bonchev–Trinajstić information content (AvgIpc) is 3.38.